The maximum atomic E-state index is 2.60. The fraction of sp³-hybridized carbons (Fsp3) is 1.00. The Hall–Kier alpha value is 1.08. The summed E-state index contributed by atoms with van der Waals surface area (Å²) < 4.78 is 0.982. The van der Waals surface area contributed by atoms with Crippen molar-refractivity contribution in [1.29, 1.82) is 0 Å². The summed E-state index contributed by atoms with van der Waals surface area (Å²) in [6.07, 6.45) is 6.63. The first-order valence-corrected chi connectivity index (χ1v) is 6.11. The Morgan fingerprint density at radius 3 is 2.78 bits per heavy atom. The van der Waals surface area contributed by atoms with Crippen LogP contribution in [0.4, 0.5) is 0 Å². The molecule has 2 heteroatoms. The van der Waals surface area contributed by atoms with Gasteiger partial charge in [0.25, 0.3) is 0 Å². The zero-order chi connectivity index (χ0) is 6.69. The molecule has 0 radical (unpaired) electrons. The molecule has 0 unspecified atom stereocenters. The van der Waals surface area contributed by atoms with Crippen molar-refractivity contribution in [2.24, 2.45) is 5.92 Å². The molecule has 0 nitrogen and oxygen atoms in total. The molecular weight excluding hydrogens is 243 g/mol. The lowest BCUT2D eigenvalue weighted by atomic mass is 10.1. The van der Waals surface area contributed by atoms with Crippen molar-refractivity contribution in [2.75, 3.05) is 12.0 Å². The highest BCUT2D eigenvalue weighted by Crippen LogP contribution is 2.33. The number of halogens is 1. The van der Waals surface area contributed by atoms with Gasteiger partial charge in [-0.25, -0.2) is 0 Å². The molecule has 0 saturated heterocycles. The van der Waals surface area contributed by atoms with Gasteiger partial charge in [0.15, 0.2) is 0 Å². The third-order valence-electron chi connectivity index (χ3n) is 1.95. The topological polar surface area (TPSA) is 0 Å². The Balaban J connectivity index is 2.22. The third kappa shape index (κ3) is 2.30. The van der Waals surface area contributed by atoms with Gasteiger partial charge in [-0.2, -0.15) is 11.8 Å². The molecular formula is C7H13IS. The maximum Gasteiger partial charge on any atom is 0.0146 e. The second-order valence-corrected chi connectivity index (χ2v) is 5.17. The van der Waals surface area contributed by atoms with E-state index in [0.29, 0.717) is 0 Å². The Morgan fingerprint density at radius 2 is 2.33 bits per heavy atom. The minimum Gasteiger partial charge on any atom is -0.165 e. The van der Waals surface area contributed by atoms with Crippen LogP contribution >= 0.6 is 34.4 Å². The standard InChI is InChI=1S/C7H13IS/c1-9-5-6-3-2-4-7(6)8/h6-7H,2-5H2,1H3/t6-,7+/m0/s1. The molecule has 1 saturated carbocycles. The molecule has 0 N–H and O–H groups in total. The van der Waals surface area contributed by atoms with E-state index >= 15 is 0 Å². The molecule has 2 atom stereocenters. The summed E-state index contributed by atoms with van der Waals surface area (Å²) in [5.74, 6) is 2.41. The van der Waals surface area contributed by atoms with Crippen LogP contribution in [0.2, 0.25) is 0 Å². The summed E-state index contributed by atoms with van der Waals surface area (Å²) in [5, 5.41) is 0. The van der Waals surface area contributed by atoms with E-state index in [0.717, 1.165) is 9.84 Å². The molecule has 54 valence electrons. The fourth-order valence-corrected chi connectivity index (χ4v) is 3.62. The van der Waals surface area contributed by atoms with Crippen LogP contribution in [-0.4, -0.2) is 15.9 Å². The van der Waals surface area contributed by atoms with Crippen molar-refractivity contribution in [3.05, 3.63) is 0 Å². The molecule has 0 aromatic rings. The Morgan fingerprint density at radius 1 is 1.56 bits per heavy atom. The predicted molar refractivity (Wildman–Crippen MR) is 53.5 cm³/mol. The van der Waals surface area contributed by atoms with Crippen molar-refractivity contribution in [2.45, 2.75) is 23.2 Å². The maximum absolute atomic E-state index is 2.60. The van der Waals surface area contributed by atoms with E-state index in [9.17, 15) is 0 Å². The van der Waals surface area contributed by atoms with Gasteiger partial charge in [-0.05, 0) is 30.8 Å². The monoisotopic (exact) mass is 256 g/mol. The van der Waals surface area contributed by atoms with E-state index in [4.69, 9.17) is 0 Å². The Labute approximate surface area is 75.3 Å². The number of hydrogen-bond acceptors (Lipinski definition) is 1. The van der Waals surface area contributed by atoms with Crippen molar-refractivity contribution in [1.82, 2.24) is 0 Å². The Bertz CT molecular complexity index is 85.0. The van der Waals surface area contributed by atoms with Gasteiger partial charge >= 0.3 is 0 Å². The minimum absolute atomic E-state index is 0.982. The first-order chi connectivity index (χ1) is 4.34. The molecule has 1 aliphatic carbocycles. The quantitative estimate of drug-likeness (QED) is 0.540. The van der Waals surface area contributed by atoms with E-state index in [2.05, 4.69) is 28.8 Å². The summed E-state index contributed by atoms with van der Waals surface area (Å²) in [6.45, 7) is 0. The average Bonchev–Trinajstić information content (AvgIpc) is 2.18. The molecule has 0 heterocycles. The highest BCUT2D eigenvalue weighted by Gasteiger charge is 2.23. The molecule has 0 bridgehead atoms. The summed E-state index contributed by atoms with van der Waals surface area (Å²) in [7, 11) is 0. The van der Waals surface area contributed by atoms with Crippen molar-refractivity contribution < 1.29 is 0 Å². The molecule has 1 fully saturated rings. The SMILES string of the molecule is CSC[C@@H]1CCC[C@H]1I. The van der Waals surface area contributed by atoms with Crippen LogP contribution in [0.15, 0.2) is 0 Å². The number of rotatable bonds is 2. The molecule has 0 aliphatic heterocycles. The fourth-order valence-electron chi connectivity index (χ4n) is 1.39. The van der Waals surface area contributed by atoms with Crippen molar-refractivity contribution in [3.8, 4) is 0 Å². The highest BCUT2D eigenvalue weighted by molar-refractivity contribution is 14.1. The largest absolute Gasteiger partial charge is 0.165 e. The molecule has 9 heavy (non-hydrogen) atoms. The van der Waals surface area contributed by atoms with Crippen molar-refractivity contribution >= 4 is 34.4 Å². The second kappa shape index (κ2) is 4.06. The smallest absolute Gasteiger partial charge is 0.0146 e. The zero-order valence-corrected chi connectivity index (χ0v) is 8.74. The van der Waals surface area contributed by atoms with Crippen LogP contribution in [0.5, 0.6) is 0 Å². The van der Waals surface area contributed by atoms with Gasteiger partial charge < -0.3 is 0 Å². The van der Waals surface area contributed by atoms with E-state index in [-0.39, 0.29) is 0 Å². The minimum atomic E-state index is 0.982. The van der Waals surface area contributed by atoms with Gasteiger partial charge in [0.2, 0.25) is 0 Å². The lowest BCUT2D eigenvalue weighted by Crippen LogP contribution is -2.08. The van der Waals surface area contributed by atoms with E-state index < -0.39 is 0 Å². The van der Waals surface area contributed by atoms with Crippen molar-refractivity contribution in [3.63, 3.8) is 0 Å². The van der Waals surface area contributed by atoms with Gasteiger partial charge in [-0.15, -0.1) is 0 Å². The van der Waals surface area contributed by atoms with Crippen LogP contribution in [0.3, 0.4) is 0 Å². The summed E-state index contributed by atoms with van der Waals surface area (Å²) in [4.78, 5) is 0. The van der Waals surface area contributed by atoms with Crippen LogP contribution in [0.1, 0.15) is 19.3 Å². The van der Waals surface area contributed by atoms with Gasteiger partial charge in [0, 0.05) is 3.92 Å². The first kappa shape index (κ1) is 8.18. The van der Waals surface area contributed by atoms with E-state index in [1.807, 2.05) is 11.8 Å². The number of hydrogen-bond donors (Lipinski definition) is 0. The molecule has 0 spiro atoms. The first-order valence-electron chi connectivity index (χ1n) is 3.47. The molecule has 1 rings (SSSR count). The van der Waals surface area contributed by atoms with Crippen LogP contribution in [0, 0.1) is 5.92 Å². The lowest BCUT2D eigenvalue weighted by Gasteiger charge is -2.10. The lowest BCUT2D eigenvalue weighted by molar-refractivity contribution is 0.650. The van der Waals surface area contributed by atoms with E-state index in [1.165, 1.54) is 25.0 Å². The highest BCUT2D eigenvalue weighted by atomic mass is 127. The van der Waals surface area contributed by atoms with Crippen LogP contribution in [-0.2, 0) is 0 Å². The third-order valence-corrected chi connectivity index (χ3v) is 4.35. The molecule has 1 aliphatic rings. The second-order valence-electron chi connectivity index (χ2n) is 2.66. The zero-order valence-electron chi connectivity index (χ0n) is 5.77. The van der Waals surface area contributed by atoms with Gasteiger partial charge in [-0.3, -0.25) is 0 Å². The predicted octanol–water partition coefficient (Wildman–Crippen LogP) is 2.95. The number of alkyl halides is 1. The molecule has 0 amide bonds. The molecule has 0 aromatic heterocycles. The van der Waals surface area contributed by atoms with E-state index in [1.54, 1.807) is 0 Å². The van der Waals surface area contributed by atoms with Crippen LogP contribution < -0.4 is 0 Å². The molecule has 0 aromatic carbocycles. The Kier molecular flexibility index (Phi) is 3.69. The normalized spacial score (nSPS) is 35.3. The van der Waals surface area contributed by atoms with Gasteiger partial charge in [0.05, 0.1) is 0 Å². The average molecular weight is 256 g/mol. The summed E-state index contributed by atoms with van der Waals surface area (Å²) in [5.41, 5.74) is 0. The summed E-state index contributed by atoms with van der Waals surface area (Å²) in [6, 6.07) is 0. The summed E-state index contributed by atoms with van der Waals surface area (Å²) >= 11 is 4.60. The van der Waals surface area contributed by atoms with Crippen LogP contribution in [0.25, 0.3) is 0 Å². The van der Waals surface area contributed by atoms with Gasteiger partial charge in [0.1, 0.15) is 0 Å². The van der Waals surface area contributed by atoms with Gasteiger partial charge in [-0.1, -0.05) is 29.0 Å². The number of thioether (sulfide) groups is 1.